The minimum atomic E-state index is -0.148. The van der Waals surface area contributed by atoms with Crippen molar-refractivity contribution in [1.82, 2.24) is 9.80 Å². The fraction of sp³-hybridized carbons (Fsp3) is 0.556. The summed E-state index contributed by atoms with van der Waals surface area (Å²) < 4.78 is 0. The number of nitrogens with one attached hydrogen (secondary N) is 2. The van der Waals surface area contributed by atoms with E-state index in [1.165, 1.54) is 26.3 Å². The zero-order chi connectivity index (χ0) is 16.9. The first-order chi connectivity index (χ1) is 11.6. The van der Waals surface area contributed by atoms with E-state index in [0.29, 0.717) is 24.0 Å². The lowest BCUT2D eigenvalue weighted by Crippen LogP contribution is -2.40. The number of carbonyl (C=O) groups excluding carboxylic acids is 2. The van der Waals surface area contributed by atoms with Gasteiger partial charge >= 0.3 is 0 Å². The highest BCUT2D eigenvalue weighted by Gasteiger charge is 2.29. The summed E-state index contributed by atoms with van der Waals surface area (Å²) in [5.74, 6) is -0.176. The number of para-hydroxylation sites is 2. The van der Waals surface area contributed by atoms with E-state index in [1.807, 2.05) is 18.2 Å². The fourth-order valence-corrected chi connectivity index (χ4v) is 3.71. The molecule has 2 fully saturated rings. The molecule has 130 valence electrons. The van der Waals surface area contributed by atoms with Crippen molar-refractivity contribution in [2.45, 2.75) is 32.2 Å². The van der Waals surface area contributed by atoms with Gasteiger partial charge in [-0.2, -0.15) is 0 Å². The Morgan fingerprint density at radius 3 is 2.54 bits per heavy atom. The van der Waals surface area contributed by atoms with Gasteiger partial charge in [0.05, 0.1) is 17.9 Å². The number of hydrogen-bond acceptors (Lipinski definition) is 4. The number of nitrogens with zero attached hydrogens (tertiary/aromatic N) is 2. The topological polar surface area (TPSA) is 64.7 Å². The third kappa shape index (κ3) is 4.33. The lowest BCUT2D eigenvalue weighted by molar-refractivity contribution is -0.117. The van der Waals surface area contributed by atoms with Crippen LogP contribution in [0.15, 0.2) is 24.3 Å². The van der Waals surface area contributed by atoms with Crippen LogP contribution in [0.5, 0.6) is 0 Å². The maximum Gasteiger partial charge on any atom is 0.238 e. The lowest BCUT2D eigenvalue weighted by atomic mass is 10.2. The molecule has 1 aromatic rings. The normalized spacial score (nSPS) is 21.8. The molecule has 1 atom stereocenters. The van der Waals surface area contributed by atoms with Gasteiger partial charge in [-0.1, -0.05) is 12.1 Å². The number of carbonyl (C=O) groups is 2. The number of benzene rings is 1. The molecule has 0 aliphatic carbocycles. The van der Waals surface area contributed by atoms with E-state index in [0.717, 1.165) is 26.1 Å². The largest absolute Gasteiger partial charge is 0.325 e. The molecular weight excluding hydrogens is 304 g/mol. The van der Waals surface area contributed by atoms with E-state index >= 15 is 0 Å². The Morgan fingerprint density at radius 1 is 1.08 bits per heavy atom. The third-order valence-corrected chi connectivity index (χ3v) is 4.77. The van der Waals surface area contributed by atoms with Gasteiger partial charge in [-0.3, -0.25) is 19.4 Å². The van der Waals surface area contributed by atoms with Crippen molar-refractivity contribution in [3.05, 3.63) is 24.3 Å². The van der Waals surface area contributed by atoms with Crippen LogP contribution in [0.4, 0.5) is 11.4 Å². The summed E-state index contributed by atoms with van der Waals surface area (Å²) in [7, 11) is 0. The molecule has 2 aliphatic heterocycles. The predicted molar refractivity (Wildman–Crippen MR) is 95.0 cm³/mol. The lowest BCUT2D eigenvalue weighted by Gasteiger charge is -2.25. The molecule has 2 N–H and O–H groups in total. The molecule has 0 saturated carbocycles. The van der Waals surface area contributed by atoms with Crippen molar-refractivity contribution < 1.29 is 9.59 Å². The van der Waals surface area contributed by atoms with Crippen molar-refractivity contribution in [3.63, 3.8) is 0 Å². The van der Waals surface area contributed by atoms with Crippen LogP contribution in [0.1, 0.15) is 26.2 Å². The maximum atomic E-state index is 12.4. The second-order valence-corrected chi connectivity index (χ2v) is 6.70. The third-order valence-electron chi connectivity index (χ3n) is 4.77. The summed E-state index contributed by atoms with van der Waals surface area (Å²) in [6, 6.07) is 7.89. The van der Waals surface area contributed by atoms with Gasteiger partial charge in [0, 0.05) is 19.5 Å². The molecule has 0 unspecified atom stereocenters. The SMILES string of the molecule is CC(=O)Nc1ccccc1NC(=O)CN1CCCN2CCC[C@H]2C1. The van der Waals surface area contributed by atoms with Gasteiger partial charge in [-0.05, 0) is 51.0 Å². The minimum Gasteiger partial charge on any atom is -0.325 e. The van der Waals surface area contributed by atoms with E-state index in [2.05, 4.69) is 20.4 Å². The smallest absolute Gasteiger partial charge is 0.238 e. The molecule has 0 spiro atoms. The Labute approximate surface area is 143 Å². The zero-order valence-corrected chi connectivity index (χ0v) is 14.3. The number of amides is 2. The first-order valence-electron chi connectivity index (χ1n) is 8.74. The van der Waals surface area contributed by atoms with Crippen molar-refractivity contribution in [1.29, 1.82) is 0 Å². The van der Waals surface area contributed by atoms with Gasteiger partial charge in [0.15, 0.2) is 0 Å². The van der Waals surface area contributed by atoms with Crippen LogP contribution in [0.3, 0.4) is 0 Å². The Morgan fingerprint density at radius 2 is 1.79 bits per heavy atom. The molecule has 2 heterocycles. The van der Waals surface area contributed by atoms with Gasteiger partial charge in [-0.25, -0.2) is 0 Å². The van der Waals surface area contributed by atoms with Gasteiger partial charge in [-0.15, -0.1) is 0 Å². The minimum absolute atomic E-state index is 0.0285. The van der Waals surface area contributed by atoms with Crippen LogP contribution in [-0.2, 0) is 9.59 Å². The summed E-state index contributed by atoms with van der Waals surface area (Å²) in [5, 5.41) is 5.68. The van der Waals surface area contributed by atoms with E-state index in [4.69, 9.17) is 0 Å². The van der Waals surface area contributed by atoms with Crippen LogP contribution in [0.2, 0.25) is 0 Å². The standard InChI is InChI=1S/C18H26N4O2/c1-14(23)19-16-7-2-3-8-17(16)20-18(24)13-21-9-5-11-22-10-4-6-15(22)12-21/h2-3,7-8,15H,4-6,9-13H2,1H3,(H,19,23)(H,20,24)/t15-/m0/s1. The van der Waals surface area contributed by atoms with E-state index < -0.39 is 0 Å². The van der Waals surface area contributed by atoms with Crippen LogP contribution in [-0.4, -0.2) is 60.4 Å². The number of rotatable bonds is 4. The van der Waals surface area contributed by atoms with E-state index in [9.17, 15) is 9.59 Å². The van der Waals surface area contributed by atoms with E-state index in [1.54, 1.807) is 6.07 Å². The van der Waals surface area contributed by atoms with Crippen molar-refractivity contribution in [2.24, 2.45) is 0 Å². The van der Waals surface area contributed by atoms with Crippen molar-refractivity contribution in [2.75, 3.05) is 43.4 Å². The second-order valence-electron chi connectivity index (χ2n) is 6.70. The molecule has 0 bridgehead atoms. The van der Waals surface area contributed by atoms with Crippen molar-refractivity contribution in [3.8, 4) is 0 Å². The number of hydrogen-bond donors (Lipinski definition) is 2. The highest BCUT2D eigenvalue weighted by molar-refractivity contribution is 5.99. The van der Waals surface area contributed by atoms with Crippen LogP contribution in [0, 0.1) is 0 Å². The summed E-state index contributed by atoms with van der Waals surface area (Å²) in [6.45, 7) is 6.15. The second kappa shape index (κ2) is 7.77. The quantitative estimate of drug-likeness (QED) is 0.883. The molecular formula is C18H26N4O2. The fourth-order valence-electron chi connectivity index (χ4n) is 3.71. The average molecular weight is 330 g/mol. The first-order valence-corrected chi connectivity index (χ1v) is 8.74. The highest BCUT2D eigenvalue weighted by Crippen LogP contribution is 2.22. The molecule has 2 aliphatic rings. The van der Waals surface area contributed by atoms with Gasteiger partial charge in [0.1, 0.15) is 0 Å². The predicted octanol–water partition coefficient (Wildman–Crippen LogP) is 1.75. The molecule has 2 saturated heterocycles. The Balaban J connectivity index is 1.58. The monoisotopic (exact) mass is 330 g/mol. The molecule has 0 aromatic heterocycles. The average Bonchev–Trinajstić information content (AvgIpc) is 2.87. The number of fused-ring (bicyclic) bond motifs is 1. The maximum absolute atomic E-state index is 12.4. The summed E-state index contributed by atoms with van der Waals surface area (Å²) in [4.78, 5) is 28.5. The van der Waals surface area contributed by atoms with Crippen LogP contribution < -0.4 is 10.6 Å². The number of anilines is 2. The summed E-state index contributed by atoms with van der Waals surface area (Å²) in [5.41, 5.74) is 1.28. The molecule has 6 nitrogen and oxygen atoms in total. The Hall–Kier alpha value is -1.92. The van der Waals surface area contributed by atoms with Crippen molar-refractivity contribution >= 4 is 23.2 Å². The van der Waals surface area contributed by atoms with Gasteiger partial charge in [0.2, 0.25) is 11.8 Å². The van der Waals surface area contributed by atoms with Gasteiger partial charge < -0.3 is 10.6 Å². The molecule has 3 rings (SSSR count). The molecule has 2 amide bonds. The molecule has 1 aromatic carbocycles. The van der Waals surface area contributed by atoms with Gasteiger partial charge in [0.25, 0.3) is 0 Å². The molecule has 6 heteroatoms. The van der Waals surface area contributed by atoms with Crippen LogP contribution >= 0.6 is 0 Å². The van der Waals surface area contributed by atoms with Crippen LogP contribution in [0.25, 0.3) is 0 Å². The first kappa shape index (κ1) is 16.9. The zero-order valence-electron chi connectivity index (χ0n) is 14.3. The summed E-state index contributed by atoms with van der Waals surface area (Å²) in [6.07, 6.45) is 3.63. The highest BCUT2D eigenvalue weighted by atomic mass is 16.2. The Kier molecular flexibility index (Phi) is 5.48. The Bertz CT molecular complexity index is 604. The van der Waals surface area contributed by atoms with E-state index in [-0.39, 0.29) is 11.8 Å². The summed E-state index contributed by atoms with van der Waals surface area (Å²) >= 11 is 0. The molecule has 0 radical (unpaired) electrons. The molecule has 24 heavy (non-hydrogen) atoms.